The average molecular weight is 424 g/mol. The highest BCUT2D eigenvalue weighted by Crippen LogP contribution is 2.44. The summed E-state index contributed by atoms with van der Waals surface area (Å²) in [6.07, 6.45) is 2.72. The number of rotatable bonds is 5. The van der Waals surface area contributed by atoms with Crippen LogP contribution in [-0.2, 0) is 14.8 Å². The molecule has 1 aliphatic heterocycles. The van der Waals surface area contributed by atoms with Gasteiger partial charge in [0.05, 0.1) is 12.5 Å². The lowest BCUT2D eigenvalue weighted by atomic mass is 9.75. The number of H-pyrrole nitrogens is 1. The summed E-state index contributed by atoms with van der Waals surface area (Å²) < 4.78 is 25.3. The molecule has 3 aromatic rings. The molecule has 2 atom stereocenters. The zero-order valence-electron chi connectivity index (χ0n) is 16.3. The number of aromatic amines is 1. The fraction of sp³-hybridized carbons (Fsp3) is 0.190. The standard InChI is InChI=1S/C21H20N4O4S/c1-12-18(21(26)27)19(17-11-22-24-20(17)23-12)16-6-4-3-5-15(16)13-7-9-14(10-8-13)25-30(2,28)29/h3-11,18-19,25H,1-2H3,(H,22,24)(H,26,27). The van der Waals surface area contributed by atoms with Crippen LogP contribution in [0, 0.1) is 5.92 Å². The van der Waals surface area contributed by atoms with Crippen LogP contribution in [0.15, 0.2) is 59.7 Å². The third kappa shape index (κ3) is 3.71. The molecule has 0 saturated heterocycles. The number of carbonyl (C=O) groups is 1. The average Bonchev–Trinajstić information content (AvgIpc) is 3.14. The van der Waals surface area contributed by atoms with E-state index >= 15 is 0 Å². The molecule has 2 heterocycles. The van der Waals surface area contributed by atoms with Crippen LogP contribution in [0.25, 0.3) is 11.1 Å². The molecular weight excluding hydrogens is 404 g/mol. The van der Waals surface area contributed by atoms with E-state index in [0.29, 0.717) is 17.2 Å². The van der Waals surface area contributed by atoms with Crippen molar-refractivity contribution >= 4 is 33.2 Å². The molecule has 0 amide bonds. The van der Waals surface area contributed by atoms with E-state index in [1.807, 2.05) is 36.4 Å². The van der Waals surface area contributed by atoms with E-state index in [2.05, 4.69) is 19.9 Å². The maximum atomic E-state index is 12.1. The number of hydrogen-bond acceptors (Lipinski definition) is 5. The van der Waals surface area contributed by atoms with Crippen LogP contribution >= 0.6 is 0 Å². The van der Waals surface area contributed by atoms with Crippen LogP contribution in [0.4, 0.5) is 11.5 Å². The van der Waals surface area contributed by atoms with E-state index in [-0.39, 0.29) is 0 Å². The van der Waals surface area contributed by atoms with Gasteiger partial charge >= 0.3 is 5.97 Å². The number of benzene rings is 2. The fourth-order valence-corrected chi connectivity index (χ4v) is 4.47. The van der Waals surface area contributed by atoms with Gasteiger partial charge in [-0.1, -0.05) is 36.4 Å². The Morgan fingerprint density at radius 3 is 2.47 bits per heavy atom. The Hall–Kier alpha value is -3.46. The molecule has 3 N–H and O–H groups in total. The van der Waals surface area contributed by atoms with Gasteiger partial charge in [-0.25, -0.2) is 13.4 Å². The predicted molar refractivity (Wildman–Crippen MR) is 115 cm³/mol. The summed E-state index contributed by atoms with van der Waals surface area (Å²) >= 11 is 0. The Balaban J connectivity index is 1.82. The molecule has 0 aliphatic carbocycles. The summed E-state index contributed by atoms with van der Waals surface area (Å²) in [5.74, 6) is -1.66. The van der Waals surface area contributed by atoms with Gasteiger partial charge in [-0.3, -0.25) is 14.6 Å². The van der Waals surface area contributed by atoms with Crippen molar-refractivity contribution in [3.63, 3.8) is 0 Å². The van der Waals surface area contributed by atoms with Crippen LogP contribution in [0.3, 0.4) is 0 Å². The van der Waals surface area contributed by atoms with Gasteiger partial charge in [0, 0.05) is 22.9 Å². The van der Waals surface area contributed by atoms with Gasteiger partial charge in [-0.2, -0.15) is 5.10 Å². The summed E-state index contributed by atoms with van der Waals surface area (Å²) in [6, 6.07) is 14.6. The van der Waals surface area contributed by atoms with E-state index in [1.165, 1.54) is 0 Å². The fourth-order valence-electron chi connectivity index (χ4n) is 3.90. The molecule has 154 valence electrons. The minimum absolute atomic E-state index is 0.458. The first-order chi connectivity index (χ1) is 14.2. The van der Waals surface area contributed by atoms with E-state index in [1.54, 1.807) is 25.3 Å². The molecule has 0 spiro atoms. The van der Waals surface area contributed by atoms with Gasteiger partial charge in [0.15, 0.2) is 5.82 Å². The number of fused-ring (bicyclic) bond motifs is 1. The van der Waals surface area contributed by atoms with Crippen LogP contribution < -0.4 is 4.72 Å². The molecule has 1 aromatic heterocycles. The lowest BCUT2D eigenvalue weighted by Crippen LogP contribution is -2.31. The zero-order valence-corrected chi connectivity index (χ0v) is 17.1. The minimum atomic E-state index is -3.37. The number of nitrogens with one attached hydrogen (secondary N) is 2. The lowest BCUT2D eigenvalue weighted by Gasteiger charge is -2.29. The Kier molecular flexibility index (Phi) is 4.90. The predicted octanol–water partition coefficient (Wildman–Crippen LogP) is 3.39. The van der Waals surface area contributed by atoms with Crippen molar-refractivity contribution in [1.29, 1.82) is 0 Å². The third-order valence-corrected chi connectivity index (χ3v) is 5.72. The van der Waals surface area contributed by atoms with E-state index < -0.39 is 27.8 Å². The molecule has 0 bridgehead atoms. The molecular formula is C21H20N4O4S. The van der Waals surface area contributed by atoms with E-state index in [9.17, 15) is 18.3 Å². The number of aliphatic carboxylic acids is 1. The number of carboxylic acids is 1. The number of nitrogens with zero attached hydrogens (tertiary/aromatic N) is 2. The SMILES string of the molecule is CC1=Nc2[nH]ncc2C(c2ccccc2-c2ccc(NS(C)(=O)=O)cc2)C1C(=O)O. The van der Waals surface area contributed by atoms with Gasteiger partial charge < -0.3 is 5.11 Å². The number of anilines is 1. The van der Waals surface area contributed by atoms with Crippen molar-refractivity contribution in [2.45, 2.75) is 12.8 Å². The second-order valence-corrected chi connectivity index (χ2v) is 9.01. The van der Waals surface area contributed by atoms with Crippen LogP contribution in [0.1, 0.15) is 24.0 Å². The Labute approximate surface area is 173 Å². The maximum absolute atomic E-state index is 12.1. The van der Waals surface area contributed by atoms with Gasteiger partial charge in [0.1, 0.15) is 5.92 Å². The molecule has 1 aliphatic rings. The number of aliphatic imine (C=N–C) groups is 1. The first-order valence-electron chi connectivity index (χ1n) is 9.23. The minimum Gasteiger partial charge on any atom is -0.481 e. The first kappa shape index (κ1) is 19.8. The summed E-state index contributed by atoms with van der Waals surface area (Å²) in [4.78, 5) is 16.5. The summed E-state index contributed by atoms with van der Waals surface area (Å²) in [5, 5.41) is 16.8. The molecule has 9 heteroatoms. The maximum Gasteiger partial charge on any atom is 0.313 e. The Bertz CT molecular complexity index is 1250. The largest absolute Gasteiger partial charge is 0.481 e. The van der Waals surface area contributed by atoms with Crippen molar-refractivity contribution in [2.75, 3.05) is 11.0 Å². The second-order valence-electron chi connectivity index (χ2n) is 7.26. The highest BCUT2D eigenvalue weighted by molar-refractivity contribution is 7.92. The molecule has 8 nitrogen and oxygen atoms in total. The quantitative estimate of drug-likeness (QED) is 0.579. The summed E-state index contributed by atoms with van der Waals surface area (Å²) in [7, 11) is -3.37. The van der Waals surface area contributed by atoms with E-state index in [0.717, 1.165) is 28.5 Å². The number of carboxylic acid groups (broad SMARTS) is 1. The number of hydrogen-bond donors (Lipinski definition) is 3. The smallest absolute Gasteiger partial charge is 0.313 e. The molecule has 30 heavy (non-hydrogen) atoms. The molecule has 4 rings (SSSR count). The van der Waals surface area contributed by atoms with Crippen molar-refractivity contribution in [3.8, 4) is 11.1 Å². The van der Waals surface area contributed by atoms with Crippen molar-refractivity contribution in [3.05, 3.63) is 65.9 Å². The van der Waals surface area contributed by atoms with Crippen LogP contribution in [0.5, 0.6) is 0 Å². The number of aromatic nitrogens is 2. The highest BCUT2D eigenvalue weighted by atomic mass is 32.2. The second kappa shape index (κ2) is 7.42. The normalized spacial score (nSPS) is 18.4. The zero-order chi connectivity index (χ0) is 21.5. The lowest BCUT2D eigenvalue weighted by molar-refractivity contribution is -0.139. The van der Waals surface area contributed by atoms with Gasteiger partial charge in [0.2, 0.25) is 10.0 Å². The van der Waals surface area contributed by atoms with Crippen LogP contribution in [-0.4, -0.2) is 41.7 Å². The van der Waals surface area contributed by atoms with Gasteiger partial charge in [-0.05, 0) is 35.7 Å². The van der Waals surface area contributed by atoms with Gasteiger partial charge in [-0.15, -0.1) is 0 Å². The Morgan fingerprint density at radius 2 is 1.80 bits per heavy atom. The highest BCUT2D eigenvalue weighted by Gasteiger charge is 2.39. The molecule has 0 saturated carbocycles. The first-order valence-corrected chi connectivity index (χ1v) is 11.1. The summed E-state index contributed by atoms with van der Waals surface area (Å²) in [6.45, 7) is 1.71. The Morgan fingerprint density at radius 1 is 1.10 bits per heavy atom. The van der Waals surface area contributed by atoms with Crippen molar-refractivity contribution in [2.24, 2.45) is 10.9 Å². The third-order valence-electron chi connectivity index (χ3n) is 5.12. The molecule has 0 fully saturated rings. The van der Waals surface area contributed by atoms with E-state index in [4.69, 9.17) is 0 Å². The van der Waals surface area contributed by atoms with Crippen molar-refractivity contribution in [1.82, 2.24) is 10.2 Å². The molecule has 2 unspecified atom stereocenters. The molecule has 0 radical (unpaired) electrons. The number of sulfonamides is 1. The van der Waals surface area contributed by atoms with Crippen LogP contribution in [0.2, 0.25) is 0 Å². The van der Waals surface area contributed by atoms with Crippen molar-refractivity contribution < 1.29 is 18.3 Å². The summed E-state index contributed by atoms with van der Waals surface area (Å²) in [5.41, 5.74) is 4.24. The van der Waals surface area contributed by atoms with Gasteiger partial charge in [0.25, 0.3) is 0 Å². The topological polar surface area (TPSA) is 125 Å². The monoisotopic (exact) mass is 424 g/mol. The molecule has 2 aromatic carbocycles.